The van der Waals surface area contributed by atoms with Crippen LogP contribution in [-0.4, -0.2) is 11.6 Å². The number of para-hydroxylation sites is 2. The van der Waals surface area contributed by atoms with E-state index in [1.54, 1.807) is 6.20 Å². The van der Waals surface area contributed by atoms with E-state index in [4.69, 9.17) is 9.47 Å². The van der Waals surface area contributed by atoms with Crippen molar-refractivity contribution in [2.24, 2.45) is 0 Å². The number of rotatable bonds is 1. The van der Waals surface area contributed by atoms with Gasteiger partial charge in [0.1, 0.15) is 6.61 Å². The van der Waals surface area contributed by atoms with Gasteiger partial charge in [-0.1, -0.05) is 18.2 Å². The Balaban J connectivity index is 1.89. The minimum absolute atomic E-state index is 0.115. The van der Waals surface area contributed by atoms with Crippen molar-refractivity contribution in [3.8, 4) is 11.5 Å². The standard InChI is InChI=1S/C13H11NO2/c1-2-7-12-11(6-1)15-9-13(16-12)10-5-3-4-8-14-10/h1-8,13H,9H2. The van der Waals surface area contributed by atoms with Crippen LogP contribution in [0.2, 0.25) is 0 Å². The van der Waals surface area contributed by atoms with Crippen molar-refractivity contribution >= 4 is 0 Å². The van der Waals surface area contributed by atoms with Gasteiger partial charge in [-0.25, -0.2) is 0 Å². The summed E-state index contributed by atoms with van der Waals surface area (Å²) in [6, 6.07) is 13.5. The van der Waals surface area contributed by atoms with Crippen LogP contribution in [0, 0.1) is 0 Å². The van der Waals surface area contributed by atoms with Crippen molar-refractivity contribution in [2.75, 3.05) is 6.61 Å². The topological polar surface area (TPSA) is 31.4 Å². The lowest BCUT2D eigenvalue weighted by Gasteiger charge is -2.25. The highest BCUT2D eigenvalue weighted by Gasteiger charge is 2.22. The van der Waals surface area contributed by atoms with Crippen LogP contribution in [-0.2, 0) is 0 Å². The van der Waals surface area contributed by atoms with Crippen molar-refractivity contribution in [2.45, 2.75) is 6.10 Å². The average molecular weight is 213 g/mol. The van der Waals surface area contributed by atoms with Crippen molar-refractivity contribution in [1.29, 1.82) is 0 Å². The third-order valence-electron chi connectivity index (χ3n) is 2.53. The van der Waals surface area contributed by atoms with Crippen molar-refractivity contribution in [3.05, 3.63) is 54.4 Å². The second-order valence-corrected chi connectivity index (χ2v) is 3.62. The lowest BCUT2D eigenvalue weighted by molar-refractivity contribution is 0.0883. The number of pyridine rings is 1. The van der Waals surface area contributed by atoms with E-state index in [-0.39, 0.29) is 6.10 Å². The smallest absolute Gasteiger partial charge is 0.174 e. The Kier molecular flexibility index (Phi) is 2.22. The normalized spacial score (nSPS) is 18.1. The summed E-state index contributed by atoms with van der Waals surface area (Å²) in [5, 5.41) is 0. The molecule has 0 N–H and O–H groups in total. The van der Waals surface area contributed by atoms with E-state index in [1.807, 2.05) is 42.5 Å². The lowest BCUT2D eigenvalue weighted by Crippen LogP contribution is -2.22. The van der Waals surface area contributed by atoms with E-state index in [9.17, 15) is 0 Å². The molecule has 1 unspecified atom stereocenters. The Hall–Kier alpha value is -2.03. The molecule has 3 heteroatoms. The molecule has 1 atom stereocenters. The molecule has 0 radical (unpaired) electrons. The van der Waals surface area contributed by atoms with Gasteiger partial charge in [0.2, 0.25) is 0 Å². The number of hydrogen-bond donors (Lipinski definition) is 0. The van der Waals surface area contributed by atoms with Gasteiger partial charge in [0.15, 0.2) is 17.6 Å². The zero-order valence-corrected chi connectivity index (χ0v) is 8.67. The predicted molar refractivity (Wildman–Crippen MR) is 59.5 cm³/mol. The maximum atomic E-state index is 5.83. The molecular formula is C13H11NO2. The highest BCUT2D eigenvalue weighted by molar-refractivity contribution is 5.41. The number of aromatic nitrogens is 1. The van der Waals surface area contributed by atoms with E-state index in [2.05, 4.69) is 4.98 Å². The number of nitrogens with zero attached hydrogens (tertiary/aromatic N) is 1. The van der Waals surface area contributed by atoms with Crippen LogP contribution in [0.4, 0.5) is 0 Å². The van der Waals surface area contributed by atoms with Crippen LogP contribution >= 0.6 is 0 Å². The molecule has 0 amide bonds. The van der Waals surface area contributed by atoms with Gasteiger partial charge in [0.25, 0.3) is 0 Å². The molecule has 1 aromatic carbocycles. The first-order valence-electron chi connectivity index (χ1n) is 5.23. The second-order valence-electron chi connectivity index (χ2n) is 3.62. The van der Waals surface area contributed by atoms with Gasteiger partial charge in [0, 0.05) is 6.20 Å². The number of hydrogen-bond acceptors (Lipinski definition) is 3. The lowest BCUT2D eigenvalue weighted by atomic mass is 10.2. The van der Waals surface area contributed by atoms with E-state index in [0.717, 1.165) is 17.2 Å². The van der Waals surface area contributed by atoms with Crippen LogP contribution in [0.3, 0.4) is 0 Å². The fourth-order valence-corrected chi connectivity index (χ4v) is 1.73. The molecule has 2 aromatic rings. The summed E-state index contributed by atoms with van der Waals surface area (Å²) < 4.78 is 11.5. The molecular weight excluding hydrogens is 202 g/mol. The molecule has 1 aliphatic heterocycles. The van der Waals surface area contributed by atoms with Crippen LogP contribution in [0.5, 0.6) is 11.5 Å². The van der Waals surface area contributed by atoms with Gasteiger partial charge < -0.3 is 9.47 Å². The molecule has 1 aliphatic rings. The second kappa shape index (κ2) is 3.85. The summed E-state index contributed by atoms with van der Waals surface area (Å²) in [5.41, 5.74) is 0.900. The van der Waals surface area contributed by atoms with Gasteiger partial charge in [0.05, 0.1) is 5.69 Å². The predicted octanol–water partition coefficient (Wildman–Crippen LogP) is 2.59. The molecule has 0 spiro atoms. The maximum Gasteiger partial charge on any atom is 0.174 e. The largest absolute Gasteiger partial charge is 0.485 e. The summed E-state index contributed by atoms with van der Waals surface area (Å²) in [4.78, 5) is 4.27. The first-order chi connectivity index (χ1) is 7.93. The quantitative estimate of drug-likeness (QED) is 0.729. The fourth-order valence-electron chi connectivity index (χ4n) is 1.73. The number of fused-ring (bicyclic) bond motifs is 1. The molecule has 80 valence electrons. The van der Waals surface area contributed by atoms with Gasteiger partial charge in [-0.15, -0.1) is 0 Å². The molecule has 0 saturated carbocycles. The Morgan fingerprint density at radius 1 is 1.00 bits per heavy atom. The minimum Gasteiger partial charge on any atom is -0.485 e. The third-order valence-corrected chi connectivity index (χ3v) is 2.53. The summed E-state index contributed by atoms with van der Waals surface area (Å²) in [6.07, 6.45) is 1.65. The summed E-state index contributed by atoms with van der Waals surface area (Å²) >= 11 is 0. The molecule has 3 nitrogen and oxygen atoms in total. The molecule has 0 saturated heterocycles. The molecule has 0 bridgehead atoms. The Labute approximate surface area is 93.7 Å². The van der Waals surface area contributed by atoms with Gasteiger partial charge in [-0.2, -0.15) is 0 Å². The molecule has 16 heavy (non-hydrogen) atoms. The molecule has 2 heterocycles. The molecule has 3 rings (SSSR count). The SMILES string of the molecule is c1ccc(C2COc3ccccc3O2)nc1. The van der Waals surface area contributed by atoms with E-state index < -0.39 is 0 Å². The van der Waals surface area contributed by atoms with Crippen molar-refractivity contribution in [3.63, 3.8) is 0 Å². The van der Waals surface area contributed by atoms with E-state index in [1.165, 1.54) is 0 Å². The van der Waals surface area contributed by atoms with E-state index in [0.29, 0.717) is 6.61 Å². The van der Waals surface area contributed by atoms with Crippen molar-refractivity contribution in [1.82, 2.24) is 4.98 Å². The van der Waals surface area contributed by atoms with Gasteiger partial charge >= 0.3 is 0 Å². The van der Waals surface area contributed by atoms with Gasteiger partial charge in [-0.05, 0) is 24.3 Å². The van der Waals surface area contributed by atoms with Crippen LogP contribution in [0.25, 0.3) is 0 Å². The Morgan fingerprint density at radius 3 is 2.62 bits per heavy atom. The average Bonchev–Trinajstić information content (AvgIpc) is 2.39. The zero-order chi connectivity index (χ0) is 10.8. The highest BCUT2D eigenvalue weighted by Crippen LogP contribution is 2.35. The highest BCUT2D eigenvalue weighted by atomic mass is 16.6. The maximum absolute atomic E-state index is 5.83. The van der Waals surface area contributed by atoms with E-state index >= 15 is 0 Å². The van der Waals surface area contributed by atoms with Crippen molar-refractivity contribution < 1.29 is 9.47 Å². The molecule has 0 fully saturated rings. The summed E-state index contributed by atoms with van der Waals surface area (Å²) in [6.45, 7) is 0.508. The third kappa shape index (κ3) is 1.60. The zero-order valence-electron chi connectivity index (χ0n) is 8.67. The van der Waals surface area contributed by atoms with Gasteiger partial charge in [-0.3, -0.25) is 4.98 Å². The van der Waals surface area contributed by atoms with Crippen LogP contribution in [0.1, 0.15) is 11.8 Å². The summed E-state index contributed by atoms with van der Waals surface area (Å²) in [7, 11) is 0. The molecule has 1 aromatic heterocycles. The minimum atomic E-state index is -0.115. The summed E-state index contributed by atoms with van der Waals surface area (Å²) in [5.74, 6) is 1.58. The first kappa shape index (κ1) is 9.21. The first-order valence-corrected chi connectivity index (χ1v) is 5.23. The van der Waals surface area contributed by atoms with Crippen LogP contribution in [0.15, 0.2) is 48.7 Å². The van der Waals surface area contributed by atoms with Crippen LogP contribution < -0.4 is 9.47 Å². The monoisotopic (exact) mass is 213 g/mol. The number of ether oxygens (including phenoxy) is 2. The Bertz CT molecular complexity index is 484. The number of benzene rings is 1. The Morgan fingerprint density at radius 2 is 1.81 bits per heavy atom. The fraction of sp³-hybridized carbons (Fsp3) is 0.154. The molecule has 0 aliphatic carbocycles.